The molecule has 0 aliphatic carbocycles. The van der Waals surface area contributed by atoms with Crippen molar-refractivity contribution in [3.8, 4) is 5.75 Å². The zero-order valence-electron chi connectivity index (χ0n) is 18.2. The van der Waals surface area contributed by atoms with Crippen LogP contribution in [-0.4, -0.2) is 91.9 Å². The van der Waals surface area contributed by atoms with Gasteiger partial charge in [-0.15, -0.1) is 0 Å². The number of nitrogens with one attached hydrogen (secondary N) is 3. The number of carbonyl (C=O) groups excluding carboxylic acids is 3. The van der Waals surface area contributed by atoms with Crippen LogP contribution < -0.4 is 21.7 Å². The number of aliphatic carboxylic acids is 3. The molecular formula is C20H26N4O11. The third-order valence-corrected chi connectivity index (χ3v) is 4.55. The van der Waals surface area contributed by atoms with Crippen molar-refractivity contribution in [3.63, 3.8) is 0 Å². The Morgan fingerprint density at radius 3 is 1.71 bits per heavy atom. The third kappa shape index (κ3) is 10.1. The second-order valence-electron chi connectivity index (χ2n) is 7.38. The number of phenols is 1. The first kappa shape index (κ1) is 28.8. The number of rotatable bonds is 14. The van der Waals surface area contributed by atoms with Crippen LogP contribution in [0.5, 0.6) is 5.75 Å². The average molecular weight is 498 g/mol. The molecule has 0 spiro atoms. The smallest absolute Gasteiger partial charge is 0.326 e. The van der Waals surface area contributed by atoms with Crippen LogP contribution in [0.25, 0.3) is 0 Å². The van der Waals surface area contributed by atoms with Crippen LogP contribution in [0.15, 0.2) is 24.3 Å². The molecule has 0 heterocycles. The number of carboxylic acid groups (broad SMARTS) is 3. The predicted molar refractivity (Wildman–Crippen MR) is 115 cm³/mol. The maximum absolute atomic E-state index is 12.8. The number of aromatic hydroxyl groups is 1. The molecule has 1 aromatic rings. The summed E-state index contributed by atoms with van der Waals surface area (Å²) < 4.78 is 0. The Morgan fingerprint density at radius 2 is 1.23 bits per heavy atom. The van der Waals surface area contributed by atoms with Crippen LogP contribution >= 0.6 is 0 Å². The summed E-state index contributed by atoms with van der Waals surface area (Å²) in [5.41, 5.74) is 5.95. The molecule has 0 aliphatic heterocycles. The molecule has 3 amide bonds. The summed E-state index contributed by atoms with van der Waals surface area (Å²) in [6.07, 6.45) is -1.90. The molecule has 0 saturated heterocycles. The van der Waals surface area contributed by atoms with Gasteiger partial charge in [0.2, 0.25) is 17.7 Å². The number of amides is 3. The van der Waals surface area contributed by atoms with Crippen LogP contribution in [0.3, 0.4) is 0 Å². The number of aliphatic hydroxyl groups is 1. The minimum Gasteiger partial charge on any atom is -0.508 e. The van der Waals surface area contributed by atoms with Crippen LogP contribution in [0.1, 0.15) is 18.4 Å². The van der Waals surface area contributed by atoms with E-state index in [2.05, 4.69) is 10.6 Å². The topological polar surface area (TPSA) is 266 Å². The Hall–Kier alpha value is -4.24. The standard InChI is InChI=1S/C20H26N4O11/c21-11(6-15(27)28)17(31)22-12(5-9-1-3-10(26)4-2-9)18(32)24-14(8-25)19(33)23-13(20(34)35)7-16(29)30/h1-4,11-14,25-26H,5-8,21H2,(H,22,31)(H,23,33)(H,24,32)(H,27,28)(H,29,30)(H,34,35). The van der Waals surface area contributed by atoms with Crippen molar-refractivity contribution in [1.29, 1.82) is 0 Å². The molecular weight excluding hydrogens is 472 g/mol. The zero-order valence-corrected chi connectivity index (χ0v) is 18.2. The van der Waals surface area contributed by atoms with Gasteiger partial charge in [-0.1, -0.05) is 12.1 Å². The van der Waals surface area contributed by atoms with E-state index in [9.17, 15) is 39.0 Å². The summed E-state index contributed by atoms with van der Waals surface area (Å²) in [5, 5.41) is 51.8. The highest BCUT2D eigenvalue weighted by atomic mass is 16.4. The van der Waals surface area contributed by atoms with Gasteiger partial charge in [-0.2, -0.15) is 0 Å². The van der Waals surface area contributed by atoms with Gasteiger partial charge < -0.3 is 47.2 Å². The maximum Gasteiger partial charge on any atom is 0.326 e. The van der Waals surface area contributed by atoms with E-state index in [-0.39, 0.29) is 12.2 Å². The number of hydrogen-bond acceptors (Lipinski definition) is 9. The highest BCUT2D eigenvalue weighted by Crippen LogP contribution is 2.12. The summed E-state index contributed by atoms with van der Waals surface area (Å²) in [6.45, 7) is -1.00. The molecule has 0 aromatic heterocycles. The Labute approximate surface area is 197 Å². The van der Waals surface area contributed by atoms with Gasteiger partial charge in [0.15, 0.2) is 0 Å². The van der Waals surface area contributed by atoms with Crippen molar-refractivity contribution in [2.24, 2.45) is 5.73 Å². The van der Waals surface area contributed by atoms with E-state index in [1.54, 1.807) is 0 Å². The lowest BCUT2D eigenvalue weighted by Gasteiger charge is -2.24. The van der Waals surface area contributed by atoms with E-state index in [4.69, 9.17) is 21.1 Å². The molecule has 15 heteroatoms. The fourth-order valence-corrected chi connectivity index (χ4v) is 2.75. The lowest BCUT2D eigenvalue weighted by atomic mass is 10.0. The highest BCUT2D eigenvalue weighted by Gasteiger charge is 2.31. The fraction of sp³-hybridized carbons (Fsp3) is 0.400. The van der Waals surface area contributed by atoms with Crippen molar-refractivity contribution >= 4 is 35.6 Å². The molecule has 4 atom stereocenters. The van der Waals surface area contributed by atoms with E-state index >= 15 is 0 Å². The third-order valence-electron chi connectivity index (χ3n) is 4.55. The molecule has 0 fully saturated rings. The van der Waals surface area contributed by atoms with Gasteiger partial charge in [0.1, 0.15) is 23.9 Å². The zero-order chi connectivity index (χ0) is 26.7. The minimum atomic E-state index is -1.84. The molecule has 4 unspecified atom stereocenters. The Morgan fingerprint density at radius 1 is 0.743 bits per heavy atom. The Balaban J connectivity index is 3.03. The molecule has 1 aromatic carbocycles. The number of hydrogen-bond donors (Lipinski definition) is 9. The van der Waals surface area contributed by atoms with Crippen molar-refractivity contribution in [2.75, 3.05) is 6.61 Å². The van der Waals surface area contributed by atoms with Crippen molar-refractivity contribution < 1.29 is 54.3 Å². The van der Waals surface area contributed by atoms with Gasteiger partial charge in [-0.25, -0.2) is 4.79 Å². The lowest BCUT2D eigenvalue weighted by Crippen LogP contribution is -2.58. The van der Waals surface area contributed by atoms with Crippen LogP contribution in [0.4, 0.5) is 0 Å². The number of benzene rings is 1. The van der Waals surface area contributed by atoms with Gasteiger partial charge in [0.25, 0.3) is 0 Å². The molecule has 35 heavy (non-hydrogen) atoms. The molecule has 1 rings (SSSR count). The van der Waals surface area contributed by atoms with Crippen LogP contribution in [0, 0.1) is 0 Å². The van der Waals surface area contributed by atoms with E-state index in [1.165, 1.54) is 24.3 Å². The van der Waals surface area contributed by atoms with E-state index in [0.29, 0.717) is 5.56 Å². The Kier molecular flexibility index (Phi) is 11.1. The summed E-state index contributed by atoms with van der Waals surface area (Å²) >= 11 is 0. The lowest BCUT2D eigenvalue weighted by molar-refractivity contribution is -0.147. The average Bonchev–Trinajstić information content (AvgIpc) is 2.76. The van der Waals surface area contributed by atoms with Gasteiger partial charge in [-0.3, -0.25) is 24.0 Å². The predicted octanol–water partition coefficient (Wildman–Crippen LogP) is -3.26. The largest absolute Gasteiger partial charge is 0.508 e. The molecule has 10 N–H and O–H groups in total. The normalized spacial score (nSPS) is 14.0. The highest BCUT2D eigenvalue weighted by molar-refractivity contribution is 5.95. The molecule has 0 aliphatic rings. The summed E-state index contributed by atoms with van der Waals surface area (Å²) in [7, 11) is 0. The van der Waals surface area contributed by atoms with Crippen molar-refractivity contribution in [2.45, 2.75) is 43.4 Å². The number of carbonyl (C=O) groups is 6. The maximum atomic E-state index is 12.8. The van der Waals surface area contributed by atoms with Crippen LogP contribution in [0.2, 0.25) is 0 Å². The van der Waals surface area contributed by atoms with E-state index in [0.717, 1.165) is 0 Å². The van der Waals surface area contributed by atoms with Gasteiger partial charge >= 0.3 is 17.9 Å². The molecule has 0 radical (unpaired) electrons. The van der Waals surface area contributed by atoms with Crippen molar-refractivity contribution in [3.05, 3.63) is 29.8 Å². The number of carboxylic acids is 3. The van der Waals surface area contributed by atoms with E-state index < -0.39 is 79.2 Å². The molecule has 192 valence electrons. The molecule has 0 bridgehead atoms. The fourth-order valence-electron chi connectivity index (χ4n) is 2.75. The Bertz CT molecular complexity index is 951. The van der Waals surface area contributed by atoms with E-state index in [1.807, 2.05) is 5.32 Å². The SMILES string of the molecule is NC(CC(=O)O)C(=O)NC(Cc1ccc(O)cc1)C(=O)NC(CO)C(=O)NC(CC(=O)O)C(=O)O. The minimum absolute atomic E-state index is 0.0753. The number of phenolic OH excluding ortho intramolecular Hbond substituents is 1. The van der Waals surface area contributed by atoms with Gasteiger partial charge in [0.05, 0.1) is 25.5 Å². The molecule has 0 saturated carbocycles. The second kappa shape index (κ2) is 13.5. The van der Waals surface area contributed by atoms with Gasteiger partial charge in [-0.05, 0) is 17.7 Å². The quantitative estimate of drug-likeness (QED) is 0.122. The molecule has 15 nitrogen and oxygen atoms in total. The number of nitrogens with two attached hydrogens (primary N) is 1. The first-order valence-electron chi connectivity index (χ1n) is 10.1. The summed E-state index contributed by atoms with van der Waals surface area (Å²) in [6, 6.07) is -1.02. The van der Waals surface area contributed by atoms with Crippen LogP contribution in [-0.2, 0) is 35.2 Å². The second-order valence-corrected chi connectivity index (χ2v) is 7.38. The van der Waals surface area contributed by atoms with Gasteiger partial charge in [0, 0.05) is 6.42 Å². The first-order valence-corrected chi connectivity index (χ1v) is 10.1. The first-order chi connectivity index (χ1) is 16.3. The van der Waals surface area contributed by atoms with Crippen molar-refractivity contribution in [1.82, 2.24) is 16.0 Å². The summed E-state index contributed by atoms with van der Waals surface area (Å²) in [5.74, 6) is -7.83. The summed E-state index contributed by atoms with van der Waals surface area (Å²) in [4.78, 5) is 70.2. The number of aliphatic hydroxyl groups excluding tert-OH is 1. The monoisotopic (exact) mass is 498 g/mol.